The van der Waals surface area contributed by atoms with Gasteiger partial charge in [-0.25, -0.2) is 8.42 Å². The van der Waals surface area contributed by atoms with Crippen LogP contribution in [0, 0.1) is 0 Å². The Bertz CT molecular complexity index is 540. The molecule has 0 bridgehead atoms. The second-order valence-corrected chi connectivity index (χ2v) is 7.88. The van der Waals surface area contributed by atoms with Gasteiger partial charge in [0.1, 0.15) is 0 Å². The van der Waals surface area contributed by atoms with E-state index in [1.54, 1.807) is 19.2 Å². The molecule has 1 fully saturated rings. The highest BCUT2D eigenvalue weighted by atomic mass is 35.5. The normalized spacial score (nSPS) is 16.5. The van der Waals surface area contributed by atoms with Gasteiger partial charge in [0.25, 0.3) is 0 Å². The van der Waals surface area contributed by atoms with Crippen LogP contribution in [0.1, 0.15) is 43.6 Å². The van der Waals surface area contributed by atoms with Gasteiger partial charge >= 0.3 is 0 Å². The number of sulfonamides is 1. The highest BCUT2D eigenvalue weighted by Gasteiger charge is 2.21. The molecule has 126 valence electrons. The Morgan fingerprint density at radius 3 is 2.27 bits per heavy atom. The minimum absolute atomic E-state index is 0. The first-order valence-corrected chi connectivity index (χ1v) is 9.20. The van der Waals surface area contributed by atoms with Crippen molar-refractivity contribution in [2.45, 2.75) is 42.9 Å². The second kappa shape index (κ2) is 8.87. The Labute approximate surface area is 140 Å². The first kappa shape index (κ1) is 19.4. The number of rotatable bonds is 6. The summed E-state index contributed by atoms with van der Waals surface area (Å²) < 4.78 is 26.2. The topological polar surface area (TPSA) is 49.4 Å². The molecular formula is C16H27ClN2O2S. The Hall–Kier alpha value is -0.620. The van der Waals surface area contributed by atoms with E-state index in [1.165, 1.54) is 42.0 Å². The fourth-order valence-electron chi connectivity index (χ4n) is 2.92. The standard InChI is InChI=1S/C16H26N2O2S.ClH/c1-17-12-13-18(2)21(19,20)16-10-8-15(9-11-16)14-6-4-3-5-7-14;/h8-11,14,17H,3-7,12-13H2,1-2H3;1H. The van der Waals surface area contributed by atoms with Gasteiger partial charge in [0.15, 0.2) is 0 Å². The fraction of sp³-hybridized carbons (Fsp3) is 0.625. The number of nitrogens with one attached hydrogen (secondary N) is 1. The van der Waals surface area contributed by atoms with E-state index in [0.717, 1.165) is 0 Å². The van der Waals surface area contributed by atoms with E-state index >= 15 is 0 Å². The molecule has 6 heteroatoms. The van der Waals surface area contributed by atoms with Gasteiger partial charge in [-0.05, 0) is 43.5 Å². The highest BCUT2D eigenvalue weighted by molar-refractivity contribution is 7.89. The Kier molecular flexibility index (Phi) is 7.83. The summed E-state index contributed by atoms with van der Waals surface area (Å²) in [6.45, 7) is 1.12. The molecule has 0 radical (unpaired) electrons. The SMILES string of the molecule is CNCCN(C)S(=O)(=O)c1ccc(C2CCCCC2)cc1.Cl. The van der Waals surface area contributed by atoms with E-state index < -0.39 is 10.0 Å². The molecule has 0 unspecified atom stereocenters. The maximum atomic E-state index is 12.4. The first-order valence-electron chi connectivity index (χ1n) is 7.76. The van der Waals surface area contributed by atoms with Crippen molar-refractivity contribution < 1.29 is 8.42 Å². The lowest BCUT2D eigenvalue weighted by molar-refractivity contribution is 0.443. The van der Waals surface area contributed by atoms with Crippen LogP contribution in [0.3, 0.4) is 0 Å². The van der Waals surface area contributed by atoms with E-state index in [2.05, 4.69) is 5.32 Å². The lowest BCUT2D eigenvalue weighted by Crippen LogP contribution is -2.32. The lowest BCUT2D eigenvalue weighted by atomic mass is 9.84. The van der Waals surface area contributed by atoms with Gasteiger partial charge in [-0.15, -0.1) is 12.4 Å². The number of halogens is 1. The molecule has 1 N–H and O–H groups in total. The van der Waals surface area contributed by atoms with Gasteiger partial charge < -0.3 is 5.32 Å². The third-order valence-electron chi connectivity index (χ3n) is 4.34. The number of hydrogen-bond donors (Lipinski definition) is 1. The Morgan fingerprint density at radius 2 is 1.73 bits per heavy atom. The summed E-state index contributed by atoms with van der Waals surface area (Å²) in [4.78, 5) is 0.390. The molecule has 4 nitrogen and oxygen atoms in total. The number of nitrogens with zero attached hydrogens (tertiary/aromatic N) is 1. The summed E-state index contributed by atoms with van der Waals surface area (Å²) in [5.74, 6) is 0.609. The largest absolute Gasteiger partial charge is 0.318 e. The molecule has 1 aromatic rings. The molecule has 0 amide bonds. The number of hydrogen-bond acceptors (Lipinski definition) is 3. The van der Waals surface area contributed by atoms with Crippen LogP contribution in [0.2, 0.25) is 0 Å². The van der Waals surface area contributed by atoms with Gasteiger partial charge in [0.05, 0.1) is 4.90 Å². The van der Waals surface area contributed by atoms with Crippen LogP contribution >= 0.6 is 12.4 Å². The maximum Gasteiger partial charge on any atom is 0.242 e. The molecule has 1 aromatic carbocycles. The van der Waals surface area contributed by atoms with Crippen molar-refractivity contribution in [2.75, 3.05) is 27.2 Å². The molecular weight excluding hydrogens is 320 g/mol. The molecule has 0 aliphatic heterocycles. The van der Waals surface area contributed by atoms with Gasteiger partial charge in [-0.2, -0.15) is 4.31 Å². The van der Waals surface area contributed by atoms with Gasteiger partial charge in [-0.3, -0.25) is 0 Å². The molecule has 1 aliphatic rings. The van der Waals surface area contributed by atoms with Crippen molar-refractivity contribution in [3.8, 4) is 0 Å². The summed E-state index contributed by atoms with van der Waals surface area (Å²) >= 11 is 0. The van der Waals surface area contributed by atoms with Gasteiger partial charge in [0.2, 0.25) is 10.0 Å². The summed E-state index contributed by atoms with van der Waals surface area (Å²) in [6, 6.07) is 7.51. The molecule has 1 aliphatic carbocycles. The van der Waals surface area contributed by atoms with Crippen molar-refractivity contribution in [1.82, 2.24) is 9.62 Å². The van der Waals surface area contributed by atoms with E-state index in [9.17, 15) is 8.42 Å². The zero-order valence-corrected chi connectivity index (χ0v) is 15.0. The van der Waals surface area contributed by atoms with Crippen LogP contribution in [0.4, 0.5) is 0 Å². The van der Waals surface area contributed by atoms with Crippen LogP contribution in [0.15, 0.2) is 29.2 Å². The first-order chi connectivity index (χ1) is 10.1. The van der Waals surface area contributed by atoms with Crippen molar-refractivity contribution in [3.05, 3.63) is 29.8 Å². The summed E-state index contributed by atoms with van der Waals surface area (Å²) in [5.41, 5.74) is 1.28. The minimum Gasteiger partial charge on any atom is -0.318 e. The summed E-state index contributed by atoms with van der Waals surface area (Å²) in [7, 11) is 0.0802. The molecule has 22 heavy (non-hydrogen) atoms. The van der Waals surface area contributed by atoms with Crippen LogP contribution in [0.25, 0.3) is 0 Å². The van der Waals surface area contributed by atoms with Gasteiger partial charge in [-0.1, -0.05) is 31.4 Å². The molecule has 0 aromatic heterocycles. The van der Waals surface area contributed by atoms with Crippen molar-refractivity contribution in [1.29, 1.82) is 0 Å². The minimum atomic E-state index is -3.37. The zero-order chi connectivity index (χ0) is 15.3. The van der Waals surface area contributed by atoms with E-state index in [1.807, 2.05) is 19.2 Å². The number of likely N-dealkylation sites (N-methyl/N-ethyl adjacent to an activating group) is 2. The average molecular weight is 347 g/mol. The third-order valence-corrected chi connectivity index (χ3v) is 6.21. The fourth-order valence-corrected chi connectivity index (χ4v) is 4.09. The van der Waals surface area contributed by atoms with Crippen molar-refractivity contribution >= 4 is 22.4 Å². The zero-order valence-electron chi connectivity index (χ0n) is 13.4. The molecule has 0 spiro atoms. The third kappa shape index (κ3) is 4.69. The predicted molar refractivity (Wildman–Crippen MR) is 93.3 cm³/mol. The lowest BCUT2D eigenvalue weighted by Gasteiger charge is -2.22. The molecule has 0 heterocycles. The van der Waals surface area contributed by atoms with Crippen molar-refractivity contribution in [3.63, 3.8) is 0 Å². The van der Waals surface area contributed by atoms with Crippen molar-refractivity contribution in [2.24, 2.45) is 0 Å². The molecule has 0 saturated heterocycles. The van der Waals surface area contributed by atoms with Crippen LogP contribution < -0.4 is 5.32 Å². The summed E-state index contributed by atoms with van der Waals surface area (Å²) in [5, 5.41) is 2.97. The number of benzene rings is 1. The smallest absolute Gasteiger partial charge is 0.242 e. The predicted octanol–water partition coefficient (Wildman–Crippen LogP) is 3.00. The second-order valence-electron chi connectivity index (χ2n) is 5.83. The van der Waals surface area contributed by atoms with E-state index in [0.29, 0.717) is 23.9 Å². The van der Waals surface area contributed by atoms with E-state index in [-0.39, 0.29) is 12.4 Å². The Morgan fingerprint density at radius 1 is 1.14 bits per heavy atom. The molecule has 2 rings (SSSR count). The monoisotopic (exact) mass is 346 g/mol. The average Bonchev–Trinajstić information content (AvgIpc) is 2.53. The summed E-state index contributed by atoms with van der Waals surface area (Å²) in [6.07, 6.45) is 6.37. The quantitative estimate of drug-likeness (QED) is 0.861. The maximum absolute atomic E-state index is 12.4. The van der Waals surface area contributed by atoms with Crippen LogP contribution in [-0.2, 0) is 10.0 Å². The van der Waals surface area contributed by atoms with Gasteiger partial charge in [0, 0.05) is 20.1 Å². The van der Waals surface area contributed by atoms with Crippen LogP contribution in [0.5, 0.6) is 0 Å². The highest BCUT2D eigenvalue weighted by Crippen LogP contribution is 2.33. The van der Waals surface area contributed by atoms with E-state index in [4.69, 9.17) is 0 Å². The molecule has 1 saturated carbocycles. The Balaban J connectivity index is 0.00000242. The molecule has 0 atom stereocenters. The van der Waals surface area contributed by atoms with Crippen LogP contribution in [-0.4, -0.2) is 39.9 Å².